The molecular weight excluding hydrogens is 397 g/mol. The number of hydrogen-bond donors (Lipinski definition) is 0. The average molecular weight is 427 g/mol. The van der Waals surface area contributed by atoms with E-state index in [0.29, 0.717) is 12.5 Å². The first-order chi connectivity index (χ1) is 12.2. The molecule has 0 bridgehead atoms. The predicted octanol–water partition coefficient (Wildman–Crippen LogP) is 4.07. The van der Waals surface area contributed by atoms with E-state index in [0.717, 1.165) is 18.5 Å². The number of rotatable bonds is 7. The lowest BCUT2D eigenvalue weighted by Gasteiger charge is -2.53. The largest absolute Gasteiger partial charge is 0.463 e. The van der Waals surface area contributed by atoms with E-state index in [4.69, 9.17) is 9.16 Å². The fraction of sp³-hybridized carbons (Fsp3) is 0.765. The van der Waals surface area contributed by atoms with Gasteiger partial charge >= 0.3 is 24.7 Å². The Labute approximate surface area is 160 Å². The van der Waals surface area contributed by atoms with Gasteiger partial charge in [-0.25, -0.2) is 18.4 Å². The second-order valence-electron chi connectivity index (χ2n) is 8.08. The maximum absolute atomic E-state index is 12.7. The van der Waals surface area contributed by atoms with Crippen molar-refractivity contribution in [3.8, 4) is 0 Å². The number of carbonyl (C=O) groups excluding carboxylic acids is 2. The third-order valence-corrected chi connectivity index (χ3v) is 22.6. The number of ether oxygens (including phenoxy) is 2. The third kappa shape index (κ3) is 6.18. The van der Waals surface area contributed by atoms with Gasteiger partial charge < -0.3 is 13.9 Å². The Morgan fingerprint density at radius 2 is 1.63 bits per heavy atom. The summed E-state index contributed by atoms with van der Waals surface area (Å²) < 4.78 is 52.5. The highest BCUT2D eigenvalue weighted by atomic mass is 29.3. The molecule has 1 saturated heterocycles. The minimum Gasteiger partial charge on any atom is -0.463 e. The van der Waals surface area contributed by atoms with Gasteiger partial charge in [0.25, 0.3) is 0 Å². The summed E-state index contributed by atoms with van der Waals surface area (Å²) in [7, 11) is -4.17. The Morgan fingerprint density at radius 3 is 2.07 bits per heavy atom. The van der Waals surface area contributed by atoms with Crippen molar-refractivity contribution in [3.63, 3.8) is 0 Å². The lowest BCUT2D eigenvalue weighted by Crippen LogP contribution is -2.71. The van der Waals surface area contributed by atoms with Crippen LogP contribution in [0.1, 0.15) is 33.6 Å². The number of carbonyl (C=O) groups is 2. The first kappa shape index (κ1) is 23.9. The van der Waals surface area contributed by atoms with Gasteiger partial charge in [0, 0.05) is 12.2 Å². The standard InChI is InChI=1S/C17H29F3O5Si2/c1-7-14(27(6)11-10-17(2,3)25-26(27,4)5)23-12(21)8-9-13(22)24-16(20)15(18)19/h8-9,14-16H,7,10-11H2,1-6H3. The Hall–Kier alpha value is -1.14. The van der Waals surface area contributed by atoms with E-state index in [9.17, 15) is 22.8 Å². The summed E-state index contributed by atoms with van der Waals surface area (Å²) in [5.41, 5.74) is -0.486. The molecule has 1 rings (SSSR count). The Balaban J connectivity index is 2.78. The van der Waals surface area contributed by atoms with E-state index in [1.165, 1.54) is 0 Å². The van der Waals surface area contributed by atoms with Gasteiger partial charge in [0.1, 0.15) is 7.59 Å². The highest BCUT2D eigenvalue weighted by molar-refractivity contribution is 7.39. The molecule has 5 nitrogen and oxygen atoms in total. The predicted molar refractivity (Wildman–Crippen MR) is 100.0 cm³/mol. The molecule has 27 heavy (non-hydrogen) atoms. The fourth-order valence-electron chi connectivity index (χ4n) is 3.45. The zero-order valence-electron chi connectivity index (χ0n) is 16.7. The van der Waals surface area contributed by atoms with E-state index in [-0.39, 0.29) is 11.3 Å². The molecule has 156 valence electrons. The molecule has 3 unspecified atom stereocenters. The van der Waals surface area contributed by atoms with Crippen LogP contribution in [-0.4, -0.2) is 51.5 Å². The highest BCUT2D eigenvalue weighted by Gasteiger charge is 2.58. The van der Waals surface area contributed by atoms with Crippen LogP contribution in [0.4, 0.5) is 13.2 Å². The van der Waals surface area contributed by atoms with E-state index in [1.807, 2.05) is 6.92 Å². The summed E-state index contributed by atoms with van der Waals surface area (Å²) in [4.78, 5) is 23.4. The van der Waals surface area contributed by atoms with E-state index >= 15 is 0 Å². The molecule has 0 spiro atoms. The van der Waals surface area contributed by atoms with Crippen LogP contribution >= 0.6 is 0 Å². The van der Waals surface area contributed by atoms with Crippen molar-refractivity contribution >= 4 is 27.4 Å². The van der Waals surface area contributed by atoms with Crippen molar-refractivity contribution in [1.82, 2.24) is 0 Å². The number of hydrogen-bond acceptors (Lipinski definition) is 5. The van der Waals surface area contributed by atoms with Gasteiger partial charge in [0.05, 0.1) is 11.3 Å². The number of esters is 2. The summed E-state index contributed by atoms with van der Waals surface area (Å²) in [5.74, 6) is -2.15. The van der Waals surface area contributed by atoms with Crippen LogP contribution in [0, 0.1) is 0 Å². The van der Waals surface area contributed by atoms with Gasteiger partial charge in [-0.05, 0) is 39.8 Å². The van der Waals surface area contributed by atoms with Gasteiger partial charge in [-0.15, -0.1) is 0 Å². The highest BCUT2D eigenvalue weighted by Crippen LogP contribution is 2.41. The molecule has 0 aromatic rings. The second kappa shape index (κ2) is 8.91. The van der Waals surface area contributed by atoms with Crippen molar-refractivity contribution < 1.29 is 36.7 Å². The van der Waals surface area contributed by atoms with Crippen LogP contribution in [0.2, 0.25) is 25.7 Å². The molecule has 1 aliphatic heterocycles. The van der Waals surface area contributed by atoms with Crippen molar-refractivity contribution in [2.75, 3.05) is 0 Å². The van der Waals surface area contributed by atoms with E-state index in [1.54, 1.807) is 0 Å². The van der Waals surface area contributed by atoms with Crippen molar-refractivity contribution in [2.24, 2.45) is 0 Å². The van der Waals surface area contributed by atoms with E-state index in [2.05, 4.69) is 38.2 Å². The van der Waals surface area contributed by atoms with Gasteiger partial charge in [-0.1, -0.05) is 19.5 Å². The monoisotopic (exact) mass is 426 g/mol. The van der Waals surface area contributed by atoms with Crippen molar-refractivity contribution in [2.45, 2.75) is 83.4 Å². The summed E-state index contributed by atoms with van der Waals surface area (Å²) in [6, 6.07) is 0.967. The van der Waals surface area contributed by atoms with Crippen LogP contribution in [0.5, 0.6) is 0 Å². The van der Waals surface area contributed by atoms with Crippen LogP contribution < -0.4 is 0 Å². The molecule has 1 aliphatic rings. The first-order valence-electron chi connectivity index (χ1n) is 8.96. The van der Waals surface area contributed by atoms with E-state index < -0.39 is 40.1 Å². The first-order valence-corrected chi connectivity index (χ1v) is 15.6. The quantitative estimate of drug-likeness (QED) is 0.349. The average Bonchev–Trinajstić information content (AvgIpc) is 2.53. The summed E-state index contributed by atoms with van der Waals surface area (Å²) >= 11 is 0. The maximum Gasteiger partial charge on any atom is 0.333 e. The van der Waals surface area contributed by atoms with Crippen molar-refractivity contribution in [1.29, 1.82) is 0 Å². The summed E-state index contributed by atoms with van der Waals surface area (Å²) in [6.07, 6.45) is -3.59. The molecule has 1 fully saturated rings. The second-order valence-corrected chi connectivity index (χ2v) is 22.3. The molecule has 0 aromatic heterocycles. The molecule has 0 saturated carbocycles. The van der Waals surface area contributed by atoms with Crippen LogP contribution in [0.3, 0.4) is 0 Å². The molecule has 0 aromatic carbocycles. The molecular formula is C17H29F3O5Si2. The summed E-state index contributed by atoms with van der Waals surface area (Å²) in [5, 5.41) is 0. The molecule has 0 aliphatic carbocycles. The third-order valence-electron chi connectivity index (χ3n) is 5.28. The van der Waals surface area contributed by atoms with Crippen molar-refractivity contribution in [3.05, 3.63) is 12.2 Å². The summed E-state index contributed by atoms with van der Waals surface area (Å²) in [6.45, 7) is 12.5. The van der Waals surface area contributed by atoms with Crippen LogP contribution in [0.25, 0.3) is 0 Å². The van der Waals surface area contributed by atoms with Gasteiger partial charge in [0.2, 0.25) is 0 Å². The molecule has 3 atom stereocenters. The smallest absolute Gasteiger partial charge is 0.333 e. The van der Waals surface area contributed by atoms with Gasteiger partial charge in [0.15, 0.2) is 7.83 Å². The number of halogens is 3. The maximum atomic E-state index is 12.7. The Kier molecular flexibility index (Phi) is 7.89. The molecule has 0 N–H and O–H groups in total. The zero-order valence-corrected chi connectivity index (χ0v) is 18.7. The van der Waals surface area contributed by atoms with Crippen LogP contribution in [-0.2, 0) is 23.5 Å². The van der Waals surface area contributed by atoms with Gasteiger partial charge in [-0.2, -0.15) is 4.39 Å². The number of alkyl halides is 3. The van der Waals surface area contributed by atoms with Gasteiger partial charge in [-0.3, -0.25) is 0 Å². The lowest BCUT2D eigenvalue weighted by molar-refractivity contribution is -0.168. The molecule has 10 heteroatoms. The molecule has 0 amide bonds. The minimum atomic E-state index is -3.44. The SMILES string of the molecule is CCC(OC(=O)C=CC(=O)OC(F)C(F)F)[Si]1(C)CCC(C)(C)O[Si]1(C)C. The fourth-order valence-corrected chi connectivity index (χ4v) is 16.1. The molecule has 0 radical (unpaired) electrons. The Bertz CT molecular complexity index is 583. The zero-order chi connectivity index (χ0) is 21.0. The molecule has 1 heterocycles. The topological polar surface area (TPSA) is 61.8 Å². The normalized spacial score (nSPS) is 26.6. The van der Waals surface area contributed by atoms with Crippen LogP contribution in [0.15, 0.2) is 12.2 Å². The lowest BCUT2D eigenvalue weighted by atomic mass is 10.1. The minimum absolute atomic E-state index is 0.193. The Morgan fingerprint density at radius 1 is 1.11 bits per heavy atom.